The predicted octanol–water partition coefficient (Wildman–Crippen LogP) is 4.64. The van der Waals surface area contributed by atoms with Crippen LogP contribution in [0.3, 0.4) is 0 Å². The van der Waals surface area contributed by atoms with E-state index in [0.29, 0.717) is 31.3 Å². The first-order valence-corrected chi connectivity index (χ1v) is 7.25. The molecule has 0 bridgehead atoms. The number of nitrogens with two attached hydrogens (primary N) is 1. The van der Waals surface area contributed by atoms with Gasteiger partial charge in [-0.1, -0.05) is 35.0 Å². The van der Waals surface area contributed by atoms with Crippen LogP contribution in [-0.2, 0) is 0 Å². The summed E-state index contributed by atoms with van der Waals surface area (Å²) in [6, 6.07) is 7.73. The Morgan fingerprint density at radius 2 is 1.90 bits per heavy atom. The van der Waals surface area contributed by atoms with Crippen LogP contribution in [0.5, 0.6) is 5.75 Å². The zero-order valence-corrected chi connectivity index (χ0v) is 13.1. The maximum Gasteiger partial charge on any atom is 0.286 e. The average molecular weight is 345 g/mol. The highest BCUT2D eigenvalue weighted by atomic mass is 35.5. The smallest absolute Gasteiger partial charge is 0.286 e. The monoisotopic (exact) mass is 344 g/mol. The highest BCUT2D eigenvalue weighted by Gasteiger charge is 2.19. The number of nitro benzene ring substituents is 1. The second-order valence-corrected chi connectivity index (χ2v) is 5.83. The van der Waals surface area contributed by atoms with E-state index in [2.05, 4.69) is 0 Å². The van der Waals surface area contributed by atoms with Gasteiger partial charge >= 0.3 is 0 Å². The summed E-state index contributed by atoms with van der Waals surface area (Å²) in [7, 11) is 1.44. The van der Waals surface area contributed by atoms with E-state index in [4.69, 9.17) is 33.7 Å². The molecule has 110 valence electrons. The molecule has 0 aliphatic rings. The number of benzene rings is 2. The van der Waals surface area contributed by atoms with Crippen molar-refractivity contribution in [3.8, 4) is 5.75 Å². The van der Waals surface area contributed by atoms with E-state index in [9.17, 15) is 10.1 Å². The number of halogens is 2. The molecule has 0 aliphatic heterocycles. The molecule has 0 radical (unpaired) electrons. The van der Waals surface area contributed by atoms with E-state index in [1.165, 1.54) is 13.2 Å². The number of nitro groups is 1. The highest BCUT2D eigenvalue weighted by molar-refractivity contribution is 7.99. The molecule has 0 unspecified atom stereocenters. The van der Waals surface area contributed by atoms with E-state index < -0.39 is 4.92 Å². The van der Waals surface area contributed by atoms with Crippen LogP contribution in [0.1, 0.15) is 0 Å². The zero-order chi connectivity index (χ0) is 15.6. The quantitative estimate of drug-likeness (QED) is 0.496. The van der Waals surface area contributed by atoms with Crippen LogP contribution in [0.4, 0.5) is 11.4 Å². The Morgan fingerprint density at radius 1 is 1.24 bits per heavy atom. The van der Waals surface area contributed by atoms with E-state index in [1.54, 1.807) is 24.3 Å². The summed E-state index contributed by atoms with van der Waals surface area (Å²) in [6.07, 6.45) is 0. The summed E-state index contributed by atoms with van der Waals surface area (Å²) in [5, 5.41) is 11.9. The summed E-state index contributed by atoms with van der Waals surface area (Å²) in [5.41, 5.74) is 6.08. The number of rotatable bonds is 4. The second kappa shape index (κ2) is 6.43. The molecule has 0 amide bonds. The van der Waals surface area contributed by atoms with Gasteiger partial charge in [0.25, 0.3) is 5.69 Å². The summed E-state index contributed by atoms with van der Waals surface area (Å²) < 4.78 is 4.99. The second-order valence-electron chi connectivity index (χ2n) is 3.96. The van der Waals surface area contributed by atoms with Crippen LogP contribution in [0.2, 0.25) is 10.0 Å². The molecule has 0 atom stereocenters. The number of nitrogen functional groups attached to an aromatic ring is 1. The molecule has 21 heavy (non-hydrogen) atoms. The molecule has 0 saturated carbocycles. The normalized spacial score (nSPS) is 10.4. The van der Waals surface area contributed by atoms with Gasteiger partial charge in [-0.3, -0.25) is 10.1 Å². The molecular formula is C13H10Cl2N2O3S. The molecule has 8 heteroatoms. The molecule has 0 saturated heterocycles. The van der Waals surface area contributed by atoms with Gasteiger partial charge in [0.2, 0.25) is 0 Å². The number of methoxy groups -OCH3 is 1. The Hall–Kier alpha value is -1.63. The van der Waals surface area contributed by atoms with Crippen molar-refractivity contribution in [2.75, 3.05) is 12.8 Å². The third-order valence-corrected chi connectivity index (χ3v) is 4.64. The van der Waals surface area contributed by atoms with Crippen molar-refractivity contribution in [1.82, 2.24) is 0 Å². The van der Waals surface area contributed by atoms with Crippen LogP contribution in [-0.4, -0.2) is 12.0 Å². The number of ether oxygens (including phenoxy) is 1. The van der Waals surface area contributed by atoms with Crippen molar-refractivity contribution in [2.24, 2.45) is 0 Å². The van der Waals surface area contributed by atoms with Crippen molar-refractivity contribution in [3.63, 3.8) is 0 Å². The Morgan fingerprint density at radius 3 is 2.52 bits per heavy atom. The predicted molar refractivity (Wildman–Crippen MR) is 84.6 cm³/mol. The first-order valence-electron chi connectivity index (χ1n) is 5.67. The molecule has 0 heterocycles. The lowest BCUT2D eigenvalue weighted by Gasteiger charge is -2.10. The molecular weight excluding hydrogens is 335 g/mol. The van der Waals surface area contributed by atoms with Gasteiger partial charge in [0, 0.05) is 0 Å². The summed E-state index contributed by atoms with van der Waals surface area (Å²) in [6.45, 7) is 0. The molecule has 2 aromatic rings. The largest absolute Gasteiger partial charge is 0.497 e. The zero-order valence-electron chi connectivity index (χ0n) is 10.8. The van der Waals surface area contributed by atoms with Crippen molar-refractivity contribution in [1.29, 1.82) is 0 Å². The maximum atomic E-state index is 11.2. The van der Waals surface area contributed by atoms with Crippen LogP contribution in [0, 0.1) is 10.1 Å². The number of anilines is 1. The summed E-state index contributed by atoms with van der Waals surface area (Å²) in [5.74, 6) is 0.399. The summed E-state index contributed by atoms with van der Waals surface area (Å²) >= 11 is 13.1. The van der Waals surface area contributed by atoms with Gasteiger partial charge in [-0.05, 0) is 24.3 Å². The Balaban J connectivity index is 2.49. The first kappa shape index (κ1) is 15.8. The van der Waals surface area contributed by atoms with Gasteiger partial charge in [0.15, 0.2) is 0 Å². The maximum absolute atomic E-state index is 11.2. The third-order valence-electron chi connectivity index (χ3n) is 2.67. The van der Waals surface area contributed by atoms with Crippen molar-refractivity contribution >= 4 is 46.3 Å². The fourth-order valence-electron chi connectivity index (χ4n) is 1.62. The molecule has 2 N–H and O–H groups in total. The Kier molecular flexibility index (Phi) is 4.82. The molecule has 0 fully saturated rings. The van der Waals surface area contributed by atoms with Gasteiger partial charge in [-0.25, -0.2) is 0 Å². The number of hydrogen-bond acceptors (Lipinski definition) is 5. The Bertz CT molecular complexity index is 710. The lowest BCUT2D eigenvalue weighted by molar-refractivity contribution is -0.387. The van der Waals surface area contributed by atoms with E-state index >= 15 is 0 Å². The lowest BCUT2D eigenvalue weighted by atomic mass is 10.3. The van der Waals surface area contributed by atoms with Crippen LogP contribution in [0.25, 0.3) is 0 Å². The SMILES string of the molecule is COc1ccc(Sc2c(Cl)ccc(Cl)c2N)c([N+](=O)[O-])c1. The highest BCUT2D eigenvalue weighted by Crippen LogP contribution is 2.44. The van der Waals surface area contributed by atoms with Crippen LogP contribution >= 0.6 is 35.0 Å². The molecule has 0 aliphatic carbocycles. The van der Waals surface area contributed by atoms with Gasteiger partial charge in [0.1, 0.15) is 5.75 Å². The minimum Gasteiger partial charge on any atom is -0.497 e. The van der Waals surface area contributed by atoms with Gasteiger partial charge in [0.05, 0.1) is 43.6 Å². The van der Waals surface area contributed by atoms with Crippen molar-refractivity contribution in [3.05, 3.63) is 50.5 Å². The topological polar surface area (TPSA) is 78.4 Å². The van der Waals surface area contributed by atoms with Crippen molar-refractivity contribution in [2.45, 2.75) is 9.79 Å². The number of nitrogens with zero attached hydrogens (tertiary/aromatic N) is 1. The molecule has 0 aromatic heterocycles. The van der Waals surface area contributed by atoms with Crippen LogP contribution in [0.15, 0.2) is 40.1 Å². The Labute approximate surface area is 135 Å². The molecule has 2 aromatic carbocycles. The van der Waals surface area contributed by atoms with Crippen LogP contribution < -0.4 is 10.5 Å². The fraction of sp³-hybridized carbons (Fsp3) is 0.0769. The molecule has 0 spiro atoms. The molecule has 2 rings (SSSR count). The first-order chi connectivity index (χ1) is 9.93. The van der Waals surface area contributed by atoms with Gasteiger partial charge < -0.3 is 10.5 Å². The van der Waals surface area contributed by atoms with Crippen molar-refractivity contribution < 1.29 is 9.66 Å². The fourth-order valence-corrected chi connectivity index (χ4v) is 3.09. The van der Waals surface area contributed by atoms with Gasteiger partial charge in [-0.2, -0.15) is 0 Å². The lowest BCUT2D eigenvalue weighted by Crippen LogP contribution is -1.95. The summed E-state index contributed by atoms with van der Waals surface area (Å²) in [4.78, 5) is 11.6. The van der Waals surface area contributed by atoms with E-state index in [-0.39, 0.29) is 5.69 Å². The van der Waals surface area contributed by atoms with E-state index in [1.807, 2.05) is 0 Å². The standard InChI is InChI=1S/C13H10Cl2N2O3S/c1-20-7-2-5-11(10(6-7)17(18)19)21-13-9(15)4-3-8(14)12(13)16/h2-6H,16H2,1H3. The molecule has 5 nitrogen and oxygen atoms in total. The minimum atomic E-state index is -0.487. The van der Waals surface area contributed by atoms with Gasteiger partial charge in [-0.15, -0.1) is 0 Å². The number of hydrogen-bond donors (Lipinski definition) is 1. The minimum absolute atomic E-state index is 0.0882. The van der Waals surface area contributed by atoms with E-state index in [0.717, 1.165) is 11.8 Å². The average Bonchev–Trinajstić information content (AvgIpc) is 2.47. The third kappa shape index (κ3) is 3.34.